The van der Waals surface area contributed by atoms with Crippen LogP contribution in [0.2, 0.25) is 0 Å². The number of amides is 1. The minimum Gasteiger partial charge on any atom is -0.309 e. The number of aryl methyl sites for hydroxylation is 1. The van der Waals surface area contributed by atoms with Gasteiger partial charge in [-0.2, -0.15) is 0 Å². The van der Waals surface area contributed by atoms with Crippen LogP contribution in [0.5, 0.6) is 0 Å². The van der Waals surface area contributed by atoms with Crippen molar-refractivity contribution in [3.05, 3.63) is 10.8 Å². The largest absolute Gasteiger partial charge is 0.309 e. The maximum absolute atomic E-state index is 12.2. The lowest BCUT2D eigenvalue weighted by molar-refractivity contribution is -0.113. The van der Waals surface area contributed by atoms with Crippen molar-refractivity contribution in [2.45, 2.75) is 63.4 Å². The quantitative estimate of drug-likeness (QED) is 0.671. The Hall–Kier alpha value is -1.48. The molecule has 2 heterocycles. The van der Waals surface area contributed by atoms with E-state index in [4.69, 9.17) is 0 Å². The molecule has 4 fully saturated rings. The molecule has 6 rings (SSSR count). The van der Waals surface area contributed by atoms with Crippen LogP contribution in [-0.2, 0) is 24.7 Å². The molecule has 0 atom stereocenters. The molecule has 0 aromatic carbocycles. The Morgan fingerprint density at radius 3 is 2.45 bits per heavy atom. The smallest absolute Gasteiger partial charge is 0.236 e. The van der Waals surface area contributed by atoms with E-state index in [1.54, 1.807) is 0 Å². The van der Waals surface area contributed by atoms with Crippen molar-refractivity contribution in [1.29, 1.82) is 0 Å². The highest BCUT2D eigenvalue weighted by atomic mass is 32.2. The zero-order chi connectivity index (χ0) is 20.0. The Balaban J connectivity index is 1.19. The molecule has 2 aromatic rings. The molecule has 4 aliphatic carbocycles. The van der Waals surface area contributed by atoms with E-state index in [-0.39, 0.29) is 5.91 Å². The van der Waals surface area contributed by atoms with E-state index < -0.39 is 0 Å². The number of rotatable bonds is 7. The van der Waals surface area contributed by atoms with Crippen LogP contribution in [0.15, 0.2) is 5.16 Å². The van der Waals surface area contributed by atoms with Crippen molar-refractivity contribution >= 4 is 34.1 Å². The lowest BCUT2D eigenvalue weighted by atomic mass is 9.49. The zero-order valence-corrected chi connectivity index (χ0v) is 18.7. The fraction of sp³-hybridized carbons (Fsp3) is 0.750. The average molecular weight is 433 g/mol. The Morgan fingerprint density at radius 1 is 1.14 bits per heavy atom. The van der Waals surface area contributed by atoms with Crippen LogP contribution < -0.4 is 5.32 Å². The van der Waals surface area contributed by atoms with Gasteiger partial charge >= 0.3 is 0 Å². The van der Waals surface area contributed by atoms with Crippen molar-refractivity contribution in [2.24, 2.45) is 30.2 Å². The normalized spacial score (nSPS) is 30.1. The summed E-state index contributed by atoms with van der Waals surface area (Å²) in [5.41, 5.74) is 0.448. The summed E-state index contributed by atoms with van der Waals surface area (Å²) in [7, 11) is 2.04. The van der Waals surface area contributed by atoms with Gasteiger partial charge in [0.15, 0.2) is 5.16 Å². The van der Waals surface area contributed by atoms with Crippen molar-refractivity contribution in [3.63, 3.8) is 0 Å². The zero-order valence-electron chi connectivity index (χ0n) is 17.1. The summed E-state index contributed by atoms with van der Waals surface area (Å²) in [6.07, 6.45) is 10.4. The topological polar surface area (TPSA) is 85.6 Å². The van der Waals surface area contributed by atoms with E-state index in [0.29, 0.717) is 16.3 Å². The molecular weight excluding hydrogens is 404 g/mol. The molecule has 4 aliphatic rings. The van der Waals surface area contributed by atoms with Gasteiger partial charge in [-0.05, 0) is 68.1 Å². The molecular formula is C20H28N6OS2. The Bertz CT molecular complexity index is 871. The summed E-state index contributed by atoms with van der Waals surface area (Å²) in [6.45, 7) is 2.02. The molecule has 9 heteroatoms. The van der Waals surface area contributed by atoms with Crippen LogP contribution in [-0.4, -0.2) is 36.6 Å². The fourth-order valence-corrected chi connectivity index (χ4v) is 7.62. The van der Waals surface area contributed by atoms with Gasteiger partial charge in [0.1, 0.15) is 10.8 Å². The highest BCUT2D eigenvalue weighted by molar-refractivity contribution is 7.99. The van der Waals surface area contributed by atoms with E-state index in [2.05, 4.69) is 30.3 Å². The first-order valence-electron chi connectivity index (χ1n) is 10.7. The molecule has 1 amide bonds. The van der Waals surface area contributed by atoms with Crippen molar-refractivity contribution in [2.75, 3.05) is 11.1 Å². The van der Waals surface area contributed by atoms with Gasteiger partial charge in [0.2, 0.25) is 11.0 Å². The Morgan fingerprint density at radius 2 is 1.83 bits per heavy atom. The maximum Gasteiger partial charge on any atom is 0.236 e. The second-order valence-electron chi connectivity index (χ2n) is 9.24. The van der Waals surface area contributed by atoms with Gasteiger partial charge in [0, 0.05) is 13.5 Å². The number of nitrogens with one attached hydrogen (secondary N) is 1. The molecule has 156 valence electrons. The predicted molar refractivity (Wildman–Crippen MR) is 114 cm³/mol. The monoisotopic (exact) mass is 432 g/mol. The molecule has 29 heavy (non-hydrogen) atoms. The SMILES string of the molecule is CCc1nnc(NC(=O)CSc2nnc(CC34CC5CC(CC(C5)C3)C4)n2C)s1. The molecule has 0 radical (unpaired) electrons. The van der Waals surface area contributed by atoms with Crippen molar-refractivity contribution in [3.8, 4) is 0 Å². The molecule has 4 saturated carbocycles. The van der Waals surface area contributed by atoms with Crippen LogP contribution in [0, 0.1) is 23.2 Å². The summed E-state index contributed by atoms with van der Waals surface area (Å²) in [4.78, 5) is 12.2. The van der Waals surface area contributed by atoms with Gasteiger partial charge in [-0.3, -0.25) is 10.1 Å². The average Bonchev–Trinajstić information content (AvgIpc) is 3.26. The minimum absolute atomic E-state index is 0.0839. The van der Waals surface area contributed by atoms with Gasteiger partial charge in [0.05, 0.1) is 5.75 Å². The third-order valence-corrected chi connectivity index (χ3v) is 8.97. The first-order chi connectivity index (χ1) is 14.0. The van der Waals surface area contributed by atoms with Crippen LogP contribution in [0.1, 0.15) is 56.3 Å². The molecule has 7 nitrogen and oxygen atoms in total. The first-order valence-corrected chi connectivity index (χ1v) is 12.5. The number of anilines is 1. The number of carbonyl (C=O) groups excluding carboxylic acids is 1. The molecule has 0 saturated heterocycles. The van der Waals surface area contributed by atoms with Crippen LogP contribution >= 0.6 is 23.1 Å². The number of hydrogen-bond acceptors (Lipinski definition) is 7. The predicted octanol–water partition coefficient (Wildman–Crippen LogP) is 3.72. The second-order valence-corrected chi connectivity index (χ2v) is 11.2. The fourth-order valence-electron chi connectivity index (χ4n) is 6.20. The molecule has 2 aromatic heterocycles. The summed E-state index contributed by atoms with van der Waals surface area (Å²) >= 11 is 2.86. The highest BCUT2D eigenvalue weighted by Crippen LogP contribution is 2.60. The van der Waals surface area contributed by atoms with E-state index in [1.165, 1.54) is 61.6 Å². The maximum atomic E-state index is 12.2. The molecule has 0 aliphatic heterocycles. The number of aromatic nitrogens is 5. The minimum atomic E-state index is -0.0839. The lowest BCUT2D eigenvalue weighted by Crippen LogP contribution is -2.47. The highest BCUT2D eigenvalue weighted by Gasteiger charge is 2.51. The molecule has 0 spiro atoms. The second kappa shape index (κ2) is 7.65. The molecule has 0 unspecified atom stereocenters. The first kappa shape index (κ1) is 19.5. The van der Waals surface area contributed by atoms with Gasteiger partial charge in [-0.15, -0.1) is 20.4 Å². The van der Waals surface area contributed by atoms with Crippen molar-refractivity contribution < 1.29 is 4.79 Å². The standard InChI is InChI=1S/C20H28N6OS2/c1-3-17-23-24-18(29-17)21-16(27)11-28-19-25-22-15(26(19)2)10-20-7-12-4-13(8-20)6-14(5-12)9-20/h12-14H,3-11H2,1-2H3,(H,21,24,27). The van der Waals surface area contributed by atoms with E-state index in [9.17, 15) is 4.79 Å². The van der Waals surface area contributed by atoms with E-state index in [0.717, 1.165) is 46.6 Å². The van der Waals surface area contributed by atoms with Gasteiger partial charge < -0.3 is 4.57 Å². The Kier molecular flexibility index (Phi) is 5.14. The third-order valence-electron chi connectivity index (χ3n) is 6.97. The van der Waals surface area contributed by atoms with Crippen LogP contribution in [0.4, 0.5) is 5.13 Å². The van der Waals surface area contributed by atoms with E-state index >= 15 is 0 Å². The summed E-state index contributed by atoms with van der Waals surface area (Å²) in [6, 6.07) is 0. The van der Waals surface area contributed by atoms with Gasteiger partial charge in [-0.1, -0.05) is 30.0 Å². The van der Waals surface area contributed by atoms with E-state index in [1.807, 2.05) is 14.0 Å². The Labute approximate surface area is 179 Å². The number of thioether (sulfide) groups is 1. The molecule has 1 N–H and O–H groups in total. The van der Waals surface area contributed by atoms with Crippen LogP contribution in [0.25, 0.3) is 0 Å². The lowest BCUT2D eigenvalue weighted by Gasteiger charge is -2.56. The summed E-state index contributed by atoms with van der Waals surface area (Å²) < 4.78 is 2.09. The molecule has 4 bridgehead atoms. The number of hydrogen-bond donors (Lipinski definition) is 1. The van der Waals surface area contributed by atoms with Crippen molar-refractivity contribution in [1.82, 2.24) is 25.0 Å². The summed E-state index contributed by atoms with van der Waals surface area (Å²) in [5, 5.41) is 22.0. The number of nitrogens with zero attached hydrogens (tertiary/aromatic N) is 5. The number of carbonyl (C=O) groups is 1. The third kappa shape index (κ3) is 3.95. The van der Waals surface area contributed by atoms with Gasteiger partial charge in [-0.25, -0.2) is 0 Å². The summed E-state index contributed by atoms with van der Waals surface area (Å²) in [5.74, 6) is 4.12. The van der Waals surface area contributed by atoms with Gasteiger partial charge in [0.25, 0.3) is 0 Å². The van der Waals surface area contributed by atoms with Crippen LogP contribution in [0.3, 0.4) is 0 Å².